The molecule has 0 radical (unpaired) electrons. The number of rotatable bonds is 9. The number of fused-ring (bicyclic) bond motifs is 1. The summed E-state index contributed by atoms with van der Waals surface area (Å²) in [6.07, 6.45) is 2.86. The first-order valence-electron chi connectivity index (χ1n) is 10.5. The zero-order chi connectivity index (χ0) is 24.1. The van der Waals surface area contributed by atoms with E-state index >= 15 is 0 Å². The van der Waals surface area contributed by atoms with E-state index in [2.05, 4.69) is 15.4 Å². The fourth-order valence-electron chi connectivity index (χ4n) is 3.33. The number of benzene rings is 2. The molecule has 4 rings (SSSR count). The van der Waals surface area contributed by atoms with Crippen molar-refractivity contribution in [3.63, 3.8) is 0 Å². The number of carbonyl (C=O) groups excluding carboxylic acids is 1. The number of nitro groups is 1. The van der Waals surface area contributed by atoms with Crippen molar-refractivity contribution in [3.05, 3.63) is 92.7 Å². The van der Waals surface area contributed by atoms with Crippen LogP contribution in [0.3, 0.4) is 0 Å². The van der Waals surface area contributed by atoms with Crippen molar-refractivity contribution < 1.29 is 14.5 Å². The summed E-state index contributed by atoms with van der Waals surface area (Å²) in [5, 5.41) is 18.1. The van der Waals surface area contributed by atoms with Gasteiger partial charge in [-0.1, -0.05) is 29.8 Å². The van der Waals surface area contributed by atoms with E-state index in [0.717, 1.165) is 11.1 Å². The summed E-state index contributed by atoms with van der Waals surface area (Å²) in [5.74, 6) is 0.350. The fraction of sp³-hybridized carbons (Fsp3) is 0.217. The van der Waals surface area contributed by atoms with Crippen molar-refractivity contribution in [1.82, 2.24) is 24.6 Å². The van der Waals surface area contributed by atoms with Gasteiger partial charge in [-0.3, -0.25) is 24.3 Å². The van der Waals surface area contributed by atoms with Gasteiger partial charge in [-0.2, -0.15) is 5.10 Å². The van der Waals surface area contributed by atoms with E-state index < -0.39 is 4.92 Å². The van der Waals surface area contributed by atoms with E-state index in [1.165, 1.54) is 29.2 Å². The van der Waals surface area contributed by atoms with Gasteiger partial charge in [0.25, 0.3) is 17.2 Å². The van der Waals surface area contributed by atoms with Crippen LogP contribution >= 0.6 is 0 Å². The summed E-state index contributed by atoms with van der Waals surface area (Å²) < 4.78 is 8.42. The Labute approximate surface area is 193 Å². The number of hydrogen-bond donors (Lipinski definition) is 1. The van der Waals surface area contributed by atoms with E-state index in [0.29, 0.717) is 29.9 Å². The summed E-state index contributed by atoms with van der Waals surface area (Å²) in [5.41, 5.74) is 1.96. The minimum Gasteiger partial charge on any atom is -0.484 e. The van der Waals surface area contributed by atoms with Gasteiger partial charge in [-0.25, -0.2) is 9.67 Å². The molecule has 0 aliphatic carbocycles. The molecule has 0 aliphatic rings. The first-order valence-corrected chi connectivity index (χ1v) is 10.5. The van der Waals surface area contributed by atoms with Gasteiger partial charge < -0.3 is 10.1 Å². The summed E-state index contributed by atoms with van der Waals surface area (Å²) in [6.45, 7) is 2.72. The molecule has 0 spiro atoms. The smallest absolute Gasteiger partial charge is 0.269 e. The standard InChI is InChI=1S/C23H22N6O5/c1-16-2-8-19(9-3-16)34-14-21(30)24-10-11-28-22-20(12-26-28)23(31)27(15-25-22)13-17-4-6-18(7-5-17)29(32)33/h2-9,12,15H,10-11,13-14H2,1H3,(H,24,30). The lowest BCUT2D eigenvalue weighted by Gasteiger charge is -2.09. The number of nitrogens with zero attached hydrogens (tertiary/aromatic N) is 5. The van der Waals surface area contributed by atoms with E-state index in [9.17, 15) is 19.7 Å². The van der Waals surface area contributed by atoms with E-state index in [4.69, 9.17) is 4.74 Å². The van der Waals surface area contributed by atoms with Crippen molar-refractivity contribution in [2.45, 2.75) is 20.0 Å². The Kier molecular flexibility index (Phi) is 6.62. The molecule has 2 heterocycles. The van der Waals surface area contributed by atoms with Crippen LogP contribution in [0.25, 0.3) is 11.0 Å². The van der Waals surface area contributed by atoms with Crippen molar-refractivity contribution >= 4 is 22.6 Å². The second-order valence-electron chi connectivity index (χ2n) is 7.66. The molecular weight excluding hydrogens is 440 g/mol. The zero-order valence-electron chi connectivity index (χ0n) is 18.4. The van der Waals surface area contributed by atoms with Crippen molar-refractivity contribution in [2.24, 2.45) is 0 Å². The maximum Gasteiger partial charge on any atom is 0.269 e. The van der Waals surface area contributed by atoms with Crippen LogP contribution in [0.1, 0.15) is 11.1 Å². The monoisotopic (exact) mass is 462 g/mol. The van der Waals surface area contributed by atoms with Gasteiger partial charge in [0, 0.05) is 18.7 Å². The molecule has 0 saturated carbocycles. The summed E-state index contributed by atoms with van der Waals surface area (Å²) in [7, 11) is 0. The first-order chi connectivity index (χ1) is 16.4. The van der Waals surface area contributed by atoms with Crippen LogP contribution in [0.15, 0.2) is 65.8 Å². The third-order valence-electron chi connectivity index (χ3n) is 5.16. The molecule has 11 nitrogen and oxygen atoms in total. The van der Waals surface area contributed by atoms with Crippen LogP contribution in [-0.4, -0.2) is 43.3 Å². The molecule has 0 saturated heterocycles. The van der Waals surface area contributed by atoms with Gasteiger partial charge in [0.15, 0.2) is 12.3 Å². The molecule has 1 amide bonds. The Hall–Kier alpha value is -4.54. The highest BCUT2D eigenvalue weighted by atomic mass is 16.6. The Morgan fingerprint density at radius 1 is 1.15 bits per heavy atom. The molecule has 2 aromatic heterocycles. The van der Waals surface area contributed by atoms with Gasteiger partial charge in [-0.15, -0.1) is 0 Å². The minimum atomic E-state index is -0.475. The lowest BCUT2D eigenvalue weighted by atomic mass is 10.2. The highest BCUT2D eigenvalue weighted by Gasteiger charge is 2.12. The number of nitrogens with one attached hydrogen (secondary N) is 1. The van der Waals surface area contributed by atoms with E-state index in [-0.39, 0.29) is 30.3 Å². The number of amides is 1. The van der Waals surface area contributed by atoms with E-state index in [1.54, 1.807) is 28.9 Å². The molecule has 34 heavy (non-hydrogen) atoms. The maximum atomic E-state index is 12.8. The molecule has 0 bridgehead atoms. The number of non-ortho nitro benzene ring substituents is 1. The molecule has 0 unspecified atom stereocenters. The van der Waals surface area contributed by atoms with Crippen LogP contribution < -0.4 is 15.6 Å². The van der Waals surface area contributed by atoms with Crippen LogP contribution in [0, 0.1) is 17.0 Å². The predicted molar refractivity (Wildman–Crippen MR) is 124 cm³/mol. The third kappa shape index (κ3) is 5.26. The molecule has 0 aliphatic heterocycles. The Morgan fingerprint density at radius 2 is 1.88 bits per heavy atom. The van der Waals surface area contributed by atoms with Gasteiger partial charge in [0.2, 0.25) is 0 Å². The van der Waals surface area contributed by atoms with Crippen LogP contribution in [0.5, 0.6) is 5.75 Å². The van der Waals surface area contributed by atoms with Crippen molar-refractivity contribution in [1.29, 1.82) is 0 Å². The highest BCUT2D eigenvalue weighted by Crippen LogP contribution is 2.13. The fourth-order valence-corrected chi connectivity index (χ4v) is 3.33. The molecular formula is C23H22N6O5. The largest absolute Gasteiger partial charge is 0.484 e. The molecule has 0 atom stereocenters. The minimum absolute atomic E-state index is 0.0141. The number of carbonyl (C=O) groups is 1. The van der Waals surface area contributed by atoms with E-state index in [1.807, 2.05) is 19.1 Å². The third-order valence-corrected chi connectivity index (χ3v) is 5.16. The molecule has 0 fully saturated rings. The second-order valence-corrected chi connectivity index (χ2v) is 7.66. The molecule has 11 heteroatoms. The van der Waals surface area contributed by atoms with Crippen molar-refractivity contribution in [3.8, 4) is 5.75 Å². The SMILES string of the molecule is Cc1ccc(OCC(=O)NCCn2ncc3c(=O)n(Cc4ccc([N+](=O)[O-])cc4)cnc32)cc1. The van der Waals surface area contributed by atoms with Gasteiger partial charge in [0.05, 0.1) is 24.2 Å². The molecule has 2 aromatic carbocycles. The number of hydrogen-bond acceptors (Lipinski definition) is 7. The Morgan fingerprint density at radius 3 is 2.59 bits per heavy atom. The number of aromatic nitrogens is 4. The Bertz CT molecular complexity index is 1380. The average molecular weight is 462 g/mol. The first kappa shape index (κ1) is 22.6. The quantitative estimate of drug-likeness (QED) is 0.297. The van der Waals surface area contributed by atoms with Crippen LogP contribution in [-0.2, 0) is 17.9 Å². The van der Waals surface area contributed by atoms with Gasteiger partial charge in [-0.05, 0) is 24.6 Å². The number of aryl methyl sites for hydroxylation is 1. The average Bonchev–Trinajstić information content (AvgIpc) is 3.24. The molecule has 174 valence electrons. The number of nitro benzene ring substituents is 1. The normalized spacial score (nSPS) is 10.9. The van der Waals surface area contributed by atoms with Crippen LogP contribution in [0.4, 0.5) is 5.69 Å². The summed E-state index contributed by atoms with van der Waals surface area (Å²) in [6, 6.07) is 13.4. The lowest BCUT2D eigenvalue weighted by Crippen LogP contribution is -2.31. The summed E-state index contributed by atoms with van der Waals surface area (Å²) >= 11 is 0. The molecule has 1 N–H and O–H groups in total. The topological polar surface area (TPSA) is 134 Å². The zero-order valence-corrected chi connectivity index (χ0v) is 18.4. The highest BCUT2D eigenvalue weighted by molar-refractivity contribution is 5.77. The maximum absolute atomic E-state index is 12.8. The molecule has 4 aromatic rings. The van der Waals surface area contributed by atoms with Crippen molar-refractivity contribution in [2.75, 3.05) is 13.2 Å². The van der Waals surface area contributed by atoms with Gasteiger partial charge in [0.1, 0.15) is 17.5 Å². The second kappa shape index (κ2) is 9.94. The van der Waals surface area contributed by atoms with Gasteiger partial charge >= 0.3 is 0 Å². The lowest BCUT2D eigenvalue weighted by molar-refractivity contribution is -0.384. The number of ether oxygens (including phenoxy) is 1. The summed E-state index contributed by atoms with van der Waals surface area (Å²) in [4.78, 5) is 39.5. The van der Waals surface area contributed by atoms with Crippen LogP contribution in [0.2, 0.25) is 0 Å². The predicted octanol–water partition coefficient (Wildman–Crippen LogP) is 2.05. The Balaban J connectivity index is 1.34.